The Bertz CT molecular complexity index is 596. The highest BCUT2D eigenvalue weighted by atomic mass is 32.2. The van der Waals surface area contributed by atoms with E-state index in [0.29, 0.717) is 11.8 Å². The number of nitrogens with one attached hydrogen (secondary N) is 1. The van der Waals surface area contributed by atoms with Gasteiger partial charge in [-0.05, 0) is 47.9 Å². The standard InChI is InChI=1S/C15H24N2O3S/c1-10-8-15(2,3)13(14(10)16)9-17-11-4-6-12(7-5-11)21(18,19)20/h4-7,10,13-14,17H,8-9,16H2,1-3H3,(H,18,19,20)/t10-,13?,14-/m0/s1. The van der Waals surface area contributed by atoms with Crippen molar-refractivity contribution >= 4 is 15.8 Å². The fourth-order valence-corrected chi connectivity index (χ4v) is 3.90. The van der Waals surface area contributed by atoms with Gasteiger partial charge in [-0.15, -0.1) is 0 Å². The van der Waals surface area contributed by atoms with Gasteiger partial charge in [-0.25, -0.2) is 0 Å². The molecule has 4 N–H and O–H groups in total. The number of rotatable bonds is 4. The molecule has 3 atom stereocenters. The Balaban J connectivity index is 2.03. The van der Waals surface area contributed by atoms with Crippen LogP contribution in [0.3, 0.4) is 0 Å². The first-order chi connectivity index (χ1) is 9.61. The zero-order chi connectivity index (χ0) is 15.8. The van der Waals surface area contributed by atoms with E-state index >= 15 is 0 Å². The Morgan fingerprint density at radius 3 is 2.33 bits per heavy atom. The zero-order valence-corrected chi connectivity index (χ0v) is 13.5. The molecule has 2 rings (SSSR count). The summed E-state index contributed by atoms with van der Waals surface area (Å²) in [5, 5.41) is 3.32. The average molecular weight is 312 g/mol. The highest BCUT2D eigenvalue weighted by molar-refractivity contribution is 7.85. The topological polar surface area (TPSA) is 92.4 Å². The van der Waals surface area contributed by atoms with Gasteiger partial charge in [0.2, 0.25) is 0 Å². The van der Waals surface area contributed by atoms with Crippen molar-refractivity contribution in [2.45, 2.75) is 38.1 Å². The Kier molecular flexibility index (Phi) is 4.33. The van der Waals surface area contributed by atoms with E-state index in [-0.39, 0.29) is 16.4 Å². The second-order valence-corrected chi connectivity index (χ2v) is 8.16. The van der Waals surface area contributed by atoms with E-state index in [4.69, 9.17) is 10.3 Å². The van der Waals surface area contributed by atoms with E-state index in [1.165, 1.54) is 12.1 Å². The second-order valence-electron chi connectivity index (χ2n) is 6.73. The van der Waals surface area contributed by atoms with Crippen LogP contribution < -0.4 is 11.1 Å². The van der Waals surface area contributed by atoms with Gasteiger partial charge in [0.05, 0.1) is 4.90 Å². The molecule has 1 saturated carbocycles. The van der Waals surface area contributed by atoms with Gasteiger partial charge in [-0.3, -0.25) is 4.55 Å². The SMILES string of the molecule is C[C@H]1CC(C)(C)C(CNc2ccc(S(=O)(=O)O)cc2)[C@H]1N. The zero-order valence-electron chi connectivity index (χ0n) is 12.7. The smallest absolute Gasteiger partial charge is 0.294 e. The van der Waals surface area contributed by atoms with Crippen LogP contribution in [0, 0.1) is 17.3 Å². The van der Waals surface area contributed by atoms with E-state index in [9.17, 15) is 8.42 Å². The van der Waals surface area contributed by atoms with Crippen molar-refractivity contribution in [1.29, 1.82) is 0 Å². The second kappa shape index (κ2) is 5.59. The molecule has 0 bridgehead atoms. The van der Waals surface area contributed by atoms with Crippen LogP contribution in [0.25, 0.3) is 0 Å². The number of nitrogens with two attached hydrogens (primary N) is 1. The van der Waals surface area contributed by atoms with Crippen LogP contribution >= 0.6 is 0 Å². The minimum atomic E-state index is -4.13. The van der Waals surface area contributed by atoms with E-state index in [0.717, 1.165) is 18.7 Å². The largest absolute Gasteiger partial charge is 0.385 e. The third-order valence-electron chi connectivity index (χ3n) is 4.65. The molecule has 0 amide bonds. The summed E-state index contributed by atoms with van der Waals surface area (Å²) in [4.78, 5) is -0.0976. The quantitative estimate of drug-likeness (QED) is 0.742. The molecule has 1 aliphatic rings. The molecule has 0 spiro atoms. The van der Waals surface area contributed by atoms with Crippen LogP contribution in [0.5, 0.6) is 0 Å². The molecule has 1 aliphatic carbocycles. The van der Waals surface area contributed by atoms with Gasteiger partial charge in [-0.1, -0.05) is 20.8 Å². The number of benzene rings is 1. The summed E-state index contributed by atoms with van der Waals surface area (Å²) < 4.78 is 30.9. The summed E-state index contributed by atoms with van der Waals surface area (Å²) in [6.07, 6.45) is 1.11. The van der Waals surface area contributed by atoms with Crippen LogP contribution in [0.2, 0.25) is 0 Å². The molecule has 118 valence electrons. The van der Waals surface area contributed by atoms with Crippen molar-refractivity contribution in [3.63, 3.8) is 0 Å². The van der Waals surface area contributed by atoms with Gasteiger partial charge in [0.15, 0.2) is 0 Å². The van der Waals surface area contributed by atoms with Crippen LogP contribution in [0.15, 0.2) is 29.2 Å². The van der Waals surface area contributed by atoms with Gasteiger partial charge < -0.3 is 11.1 Å². The van der Waals surface area contributed by atoms with Crippen molar-refractivity contribution in [2.24, 2.45) is 23.0 Å². The first kappa shape index (κ1) is 16.3. The van der Waals surface area contributed by atoms with E-state index in [1.807, 2.05) is 0 Å². The third-order valence-corrected chi connectivity index (χ3v) is 5.52. The van der Waals surface area contributed by atoms with E-state index in [2.05, 4.69) is 26.1 Å². The molecule has 0 heterocycles. The van der Waals surface area contributed by atoms with Crippen molar-refractivity contribution in [1.82, 2.24) is 0 Å². The Labute approximate surface area is 126 Å². The lowest BCUT2D eigenvalue weighted by Gasteiger charge is -2.29. The van der Waals surface area contributed by atoms with Gasteiger partial charge in [-0.2, -0.15) is 8.42 Å². The summed E-state index contributed by atoms with van der Waals surface area (Å²) in [6.45, 7) is 7.42. The summed E-state index contributed by atoms with van der Waals surface area (Å²) in [5.74, 6) is 0.877. The normalized spacial score (nSPS) is 28.5. The maximum absolute atomic E-state index is 11.0. The summed E-state index contributed by atoms with van der Waals surface area (Å²) in [5.41, 5.74) is 7.31. The maximum atomic E-state index is 11.0. The lowest BCUT2D eigenvalue weighted by Crippen LogP contribution is -2.38. The van der Waals surface area contributed by atoms with Crippen molar-refractivity contribution < 1.29 is 13.0 Å². The van der Waals surface area contributed by atoms with E-state index < -0.39 is 10.1 Å². The first-order valence-corrected chi connectivity index (χ1v) is 8.62. The van der Waals surface area contributed by atoms with Gasteiger partial charge in [0.25, 0.3) is 10.1 Å². The number of hydrogen-bond donors (Lipinski definition) is 3. The average Bonchev–Trinajstić information content (AvgIpc) is 2.56. The maximum Gasteiger partial charge on any atom is 0.294 e. The minimum absolute atomic E-state index is 0.0976. The molecule has 1 fully saturated rings. The summed E-state index contributed by atoms with van der Waals surface area (Å²) in [7, 11) is -4.13. The van der Waals surface area contributed by atoms with Crippen molar-refractivity contribution in [3.05, 3.63) is 24.3 Å². The highest BCUT2D eigenvalue weighted by Crippen LogP contribution is 2.45. The molecule has 1 aromatic rings. The molecule has 1 unspecified atom stereocenters. The molecule has 21 heavy (non-hydrogen) atoms. The molecule has 0 radical (unpaired) electrons. The third kappa shape index (κ3) is 3.56. The van der Waals surface area contributed by atoms with Crippen molar-refractivity contribution in [3.8, 4) is 0 Å². The van der Waals surface area contributed by atoms with Gasteiger partial charge >= 0.3 is 0 Å². The molecule has 0 aliphatic heterocycles. The molecule has 5 nitrogen and oxygen atoms in total. The molecule has 0 aromatic heterocycles. The monoisotopic (exact) mass is 312 g/mol. The predicted molar refractivity (Wildman–Crippen MR) is 83.8 cm³/mol. The van der Waals surface area contributed by atoms with E-state index in [1.54, 1.807) is 12.1 Å². The molecule has 6 heteroatoms. The molecular weight excluding hydrogens is 288 g/mol. The molecule has 1 aromatic carbocycles. The number of anilines is 1. The first-order valence-electron chi connectivity index (χ1n) is 7.18. The lowest BCUT2D eigenvalue weighted by atomic mass is 9.80. The van der Waals surface area contributed by atoms with Gasteiger partial charge in [0.1, 0.15) is 0 Å². The Hall–Kier alpha value is -1.11. The van der Waals surface area contributed by atoms with Crippen LogP contribution in [-0.2, 0) is 10.1 Å². The molecular formula is C15H24N2O3S. The van der Waals surface area contributed by atoms with Crippen LogP contribution in [0.4, 0.5) is 5.69 Å². The van der Waals surface area contributed by atoms with Gasteiger partial charge in [0, 0.05) is 18.3 Å². The summed E-state index contributed by atoms with van der Waals surface area (Å²) in [6, 6.07) is 6.25. The lowest BCUT2D eigenvalue weighted by molar-refractivity contribution is 0.258. The Morgan fingerprint density at radius 1 is 1.33 bits per heavy atom. The summed E-state index contributed by atoms with van der Waals surface area (Å²) >= 11 is 0. The highest BCUT2D eigenvalue weighted by Gasteiger charge is 2.44. The predicted octanol–water partition coefficient (Wildman–Crippen LogP) is 2.35. The minimum Gasteiger partial charge on any atom is -0.385 e. The fraction of sp³-hybridized carbons (Fsp3) is 0.600. The molecule has 0 saturated heterocycles. The fourth-order valence-electron chi connectivity index (χ4n) is 3.42. The number of hydrogen-bond acceptors (Lipinski definition) is 4. The van der Waals surface area contributed by atoms with Crippen LogP contribution in [-0.4, -0.2) is 25.6 Å². The Morgan fingerprint density at radius 2 is 1.90 bits per heavy atom. The van der Waals surface area contributed by atoms with Crippen molar-refractivity contribution in [2.75, 3.05) is 11.9 Å². The van der Waals surface area contributed by atoms with Crippen LogP contribution in [0.1, 0.15) is 27.2 Å².